The third-order valence-electron chi connectivity index (χ3n) is 3.45. The van der Waals surface area contributed by atoms with Crippen molar-refractivity contribution in [3.8, 4) is 0 Å². The van der Waals surface area contributed by atoms with E-state index in [9.17, 15) is 9.59 Å². The van der Waals surface area contributed by atoms with Crippen LogP contribution in [0.15, 0.2) is 0 Å². The van der Waals surface area contributed by atoms with Crippen molar-refractivity contribution >= 4 is 11.8 Å². The molecule has 102 valence electrons. The summed E-state index contributed by atoms with van der Waals surface area (Å²) in [5.74, 6) is -0.00535. The number of carbonyl (C=O) groups is 2. The zero-order valence-corrected chi connectivity index (χ0v) is 10.8. The van der Waals surface area contributed by atoms with Gasteiger partial charge in [-0.2, -0.15) is 0 Å². The Kier molecular flexibility index (Phi) is 4.54. The van der Waals surface area contributed by atoms with E-state index in [2.05, 4.69) is 10.6 Å². The summed E-state index contributed by atoms with van der Waals surface area (Å²) in [6.45, 7) is 4.68. The van der Waals surface area contributed by atoms with Crippen LogP contribution < -0.4 is 10.6 Å². The molecule has 0 aromatic heterocycles. The van der Waals surface area contributed by atoms with Crippen molar-refractivity contribution in [2.45, 2.75) is 31.9 Å². The third-order valence-corrected chi connectivity index (χ3v) is 3.45. The summed E-state index contributed by atoms with van der Waals surface area (Å²) in [5.41, 5.74) is 0. The van der Waals surface area contributed by atoms with Crippen LogP contribution in [0.3, 0.4) is 0 Å². The van der Waals surface area contributed by atoms with Crippen LogP contribution in [0.25, 0.3) is 0 Å². The summed E-state index contributed by atoms with van der Waals surface area (Å²) >= 11 is 0. The molecule has 6 heteroatoms. The molecular weight excluding hydrogens is 234 g/mol. The number of piperazine rings is 1. The number of ether oxygens (including phenoxy) is 1. The minimum Gasteiger partial charge on any atom is -0.376 e. The van der Waals surface area contributed by atoms with Gasteiger partial charge in [0.05, 0.1) is 12.6 Å². The zero-order valence-electron chi connectivity index (χ0n) is 10.8. The Morgan fingerprint density at radius 2 is 2.39 bits per heavy atom. The van der Waals surface area contributed by atoms with Crippen molar-refractivity contribution in [3.63, 3.8) is 0 Å². The quantitative estimate of drug-likeness (QED) is 0.683. The van der Waals surface area contributed by atoms with Gasteiger partial charge in [-0.25, -0.2) is 0 Å². The second kappa shape index (κ2) is 6.15. The number of nitrogens with zero attached hydrogens (tertiary/aromatic N) is 1. The molecule has 2 N–H and O–H groups in total. The van der Waals surface area contributed by atoms with E-state index in [1.165, 1.54) is 0 Å². The maximum absolute atomic E-state index is 12.3. The van der Waals surface area contributed by atoms with Crippen molar-refractivity contribution in [1.82, 2.24) is 15.5 Å². The van der Waals surface area contributed by atoms with Gasteiger partial charge in [0.2, 0.25) is 11.8 Å². The Balaban J connectivity index is 1.86. The first-order chi connectivity index (χ1) is 8.70. The number of hydrogen-bond acceptors (Lipinski definition) is 4. The fourth-order valence-electron chi connectivity index (χ4n) is 2.37. The summed E-state index contributed by atoms with van der Waals surface area (Å²) in [7, 11) is 0. The largest absolute Gasteiger partial charge is 0.376 e. The summed E-state index contributed by atoms with van der Waals surface area (Å²) < 4.78 is 5.56. The Morgan fingerprint density at radius 1 is 1.56 bits per heavy atom. The van der Waals surface area contributed by atoms with Gasteiger partial charge in [-0.3, -0.25) is 14.9 Å². The van der Waals surface area contributed by atoms with E-state index in [0.29, 0.717) is 19.6 Å². The zero-order chi connectivity index (χ0) is 13.0. The highest BCUT2D eigenvalue weighted by atomic mass is 16.5. The van der Waals surface area contributed by atoms with Crippen molar-refractivity contribution in [2.75, 3.05) is 32.8 Å². The number of rotatable bonds is 4. The predicted molar refractivity (Wildman–Crippen MR) is 66.0 cm³/mol. The molecule has 2 heterocycles. The molecule has 0 radical (unpaired) electrons. The van der Waals surface area contributed by atoms with Gasteiger partial charge in [-0.05, 0) is 19.8 Å². The van der Waals surface area contributed by atoms with Crippen LogP contribution in [-0.4, -0.2) is 61.6 Å². The van der Waals surface area contributed by atoms with E-state index >= 15 is 0 Å². The average Bonchev–Trinajstić information content (AvgIpc) is 2.89. The minimum absolute atomic E-state index is 0.0491. The van der Waals surface area contributed by atoms with E-state index in [1.54, 1.807) is 0 Å². The SMILES string of the molecule is CCN(CC1CCCO1)C(=O)C1CNC(=O)CN1. The van der Waals surface area contributed by atoms with Gasteiger partial charge in [0.15, 0.2) is 0 Å². The number of amides is 2. The fourth-order valence-corrected chi connectivity index (χ4v) is 2.37. The molecule has 0 spiro atoms. The maximum atomic E-state index is 12.3. The molecule has 6 nitrogen and oxygen atoms in total. The number of hydrogen-bond donors (Lipinski definition) is 2. The lowest BCUT2D eigenvalue weighted by molar-refractivity contribution is -0.136. The third kappa shape index (κ3) is 3.20. The molecule has 0 bridgehead atoms. The summed E-state index contributed by atoms with van der Waals surface area (Å²) in [6.07, 6.45) is 2.28. The second-order valence-corrected chi connectivity index (χ2v) is 4.75. The van der Waals surface area contributed by atoms with E-state index in [1.807, 2.05) is 11.8 Å². The first-order valence-corrected chi connectivity index (χ1v) is 6.61. The maximum Gasteiger partial charge on any atom is 0.241 e. The van der Waals surface area contributed by atoms with E-state index in [4.69, 9.17) is 4.74 Å². The molecule has 0 saturated carbocycles. The lowest BCUT2D eigenvalue weighted by Gasteiger charge is -2.30. The van der Waals surface area contributed by atoms with Crippen molar-refractivity contribution in [1.29, 1.82) is 0 Å². The Hall–Kier alpha value is -1.14. The van der Waals surface area contributed by atoms with Gasteiger partial charge in [0, 0.05) is 26.2 Å². The van der Waals surface area contributed by atoms with Crippen molar-refractivity contribution < 1.29 is 14.3 Å². The van der Waals surface area contributed by atoms with Crippen LogP contribution in [0.4, 0.5) is 0 Å². The Morgan fingerprint density at radius 3 is 2.94 bits per heavy atom. The van der Waals surface area contributed by atoms with Crippen LogP contribution in [0.5, 0.6) is 0 Å². The first-order valence-electron chi connectivity index (χ1n) is 6.61. The van der Waals surface area contributed by atoms with Gasteiger partial charge in [0.1, 0.15) is 6.04 Å². The molecular formula is C12H21N3O3. The smallest absolute Gasteiger partial charge is 0.241 e. The number of carbonyl (C=O) groups excluding carboxylic acids is 2. The molecule has 0 aromatic rings. The van der Waals surface area contributed by atoms with Crippen LogP contribution in [0.2, 0.25) is 0 Å². The topological polar surface area (TPSA) is 70.7 Å². The van der Waals surface area contributed by atoms with Gasteiger partial charge >= 0.3 is 0 Å². The van der Waals surface area contributed by atoms with Crippen molar-refractivity contribution in [2.24, 2.45) is 0 Å². The average molecular weight is 255 g/mol. The summed E-state index contributed by atoms with van der Waals surface area (Å²) in [4.78, 5) is 25.1. The van der Waals surface area contributed by atoms with Crippen LogP contribution in [0.1, 0.15) is 19.8 Å². The van der Waals surface area contributed by atoms with Crippen LogP contribution in [-0.2, 0) is 14.3 Å². The standard InChI is InChI=1S/C12H21N3O3/c1-2-15(8-9-4-3-5-18-9)12(17)10-6-14-11(16)7-13-10/h9-10,13H,2-8H2,1H3,(H,14,16). The highest BCUT2D eigenvalue weighted by molar-refractivity contribution is 5.86. The molecule has 2 amide bonds. The first kappa shape index (κ1) is 13.3. The number of likely N-dealkylation sites (N-methyl/N-ethyl adjacent to an activating group) is 1. The molecule has 18 heavy (non-hydrogen) atoms. The molecule has 2 fully saturated rings. The van der Waals surface area contributed by atoms with E-state index < -0.39 is 0 Å². The minimum atomic E-state index is -0.302. The van der Waals surface area contributed by atoms with E-state index in [-0.39, 0.29) is 30.5 Å². The molecule has 2 saturated heterocycles. The summed E-state index contributed by atoms with van der Waals surface area (Å²) in [5, 5.41) is 5.67. The molecule has 2 rings (SSSR count). The fraction of sp³-hybridized carbons (Fsp3) is 0.833. The molecule has 2 aliphatic heterocycles. The van der Waals surface area contributed by atoms with Crippen LogP contribution in [0, 0.1) is 0 Å². The van der Waals surface area contributed by atoms with Crippen LogP contribution >= 0.6 is 0 Å². The highest BCUT2D eigenvalue weighted by Crippen LogP contribution is 2.13. The molecule has 0 aromatic carbocycles. The number of nitrogens with one attached hydrogen (secondary N) is 2. The van der Waals surface area contributed by atoms with Gasteiger partial charge < -0.3 is 15.0 Å². The van der Waals surface area contributed by atoms with E-state index in [0.717, 1.165) is 19.4 Å². The Bertz CT molecular complexity index is 306. The molecule has 2 aliphatic rings. The molecule has 0 aliphatic carbocycles. The lowest BCUT2D eigenvalue weighted by atomic mass is 10.1. The predicted octanol–water partition coefficient (Wildman–Crippen LogP) is -0.898. The van der Waals surface area contributed by atoms with Gasteiger partial charge in [-0.15, -0.1) is 0 Å². The molecule has 2 atom stereocenters. The van der Waals surface area contributed by atoms with Crippen molar-refractivity contribution in [3.05, 3.63) is 0 Å². The lowest BCUT2D eigenvalue weighted by Crippen LogP contribution is -2.59. The molecule has 2 unspecified atom stereocenters. The normalized spacial score (nSPS) is 27.9. The van der Waals surface area contributed by atoms with Gasteiger partial charge in [-0.1, -0.05) is 0 Å². The van der Waals surface area contributed by atoms with Gasteiger partial charge in [0.25, 0.3) is 0 Å². The summed E-state index contributed by atoms with van der Waals surface area (Å²) in [6, 6.07) is -0.302. The second-order valence-electron chi connectivity index (χ2n) is 4.75. The Labute approximate surface area is 107 Å². The monoisotopic (exact) mass is 255 g/mol. The highest BCUT2D eigenvalue weighted by Gasteiger charge is 2.29.